The van der Waals surface area contributed by atoms with Crippen LogP contribution in [0.3, 0.4) is 0 Å². The third-order valence-electron chi connectivity index (χ3n) is 4.34. The van der Waals surface area contributed by atoms with Gasteiger partial charge in [0.05, 0.1) is 11.2 Å². The van der Waals surface area contributed by atoms with E-state index >= 15 is 0 Å². The van der Waals surface area contributed by atoms with Crippen LogP contribution in [0.1, 0.15) is 37.0 Å². The van der Waals surface area contributed by atoms with Crippen LogP contribution >= 0.6 is 23.4 Å². The molecular formula is C18H20ClNO5S. The van der Waals surface area contributed by atoms with E-state index in [4.69, 9.17) is 11.6 Å². The van der Waals surface area contributed by atoms with E-state index in [1.165, 1.54) is 11.8 Å². The minimum absolute atomic E-state index is 0.284. The second-order valence-corrected chi connectivity index (χ2v) is 7.97. The first-order valence-electron chi connectivity index (χ1n) is 8.22. The van der Waals surface area contributed by atoms with Crippen molar-refractivity contribution in [2.75, 3.05) is 6.54 Å². The van der Waals surface area contributed by atoms with Crippen molar-refractivity contribution < 1.29 is 24.3 Å². The van der Waals surface area contributed by atoms with Gasteiger partial charge in [0, 0.05) is 24.1 Å². The molecule has 6 nitrogen and oxygen atoms in total. The molecule has 140 valence electrons. The summed E-state index contributed by atoms with van der Waals surface area (Å²) in [5.74, 6) is -2.65. The maximum Gasteiger partial charge on any atom is 0.326 e. The molecule has 1 aromatic rings. The summed E-state index contributed by atoms with van der Waals surface area (Å²) in [6.07, 6.45) is 0.995. The zero-order chi connectivity index (χ0) is 19.4. The third-order valence-corrected chi connectivity index (χ3v) is 5.80. The number of hydrogen-bond acceptors (Lipinski definition) is 5. The number of halogens is 1. The summed E-state index contributed by atoms with van der Waals surface area (Å²) in [4.78, 5) is 50.0. The SMILES string of the molecule is CC(=O)SC(C(=O)c1ccc(Cl)cc1)C(C)C(=O)N1CCC[C@H]1C(=O)O. The molecule has 1 heterocycles. The summed E-state index contributed by atoms with van der Waals surface area (Å²) >= 11 is 6.63. The Balaban J connectivity index is 2.26. The van der Waals surface area contributed by atoms with Gasteiger partial charge in [-0.2, -0.15) is 0 Å². The van der Waals surface area contributed by atoms with Gasteiger partial charge in [-0.3, -0.25) is 14.4 Å². The molecule has 2 rings (SSSR count). The molecule has 26 heavy (non-hydrogen) atoms. The fraction of sp³-hybridized carbons (Fsp3) is 0.444. The third kappa shape index (κ3) is 4.65. The normalized spacial score (nSPS) is 19.0. The van der Waals surface area contributed by atoms with Gasteiger partial charge in [-0.15, -0.1) is 0 Å². The van der Waals surface area contributed by atoms with E-state index in [2.05, 4.69) is 0 Å². The summed E-state index contributed by atoms with van der Waals surface area (Å²) in [7, 11) is 0. The Hall–Kier alpha value is -1.86. The Morgan fingerprint density at radius 2 is 1.85 bits per heavy atom. The lowest BCUT2D eigenvalue weighted by Gasteiger charge is -2.28. The second-order valence-electron chi connectivity index (χ2n) is 6.22. The summed E-state index contributed by atoms with van der Waals surface area (Å²) in [5.41, 5.74) is 0.351. The Morgan fingerprint density at radius 1 is 1.23 bits per heavy atom. The number of thioether (sulfide) groups is 1. The van der Waals surface area contributed by atoms with Crippen molar-refractivity contribution in [2.24, 2.45) is 5.92 Å². The molecule has 0 bridgehead atoms. The first-order chi connectivity index (χ1) is 12.2. The van der Waals surface area contributed by atoms with Crippen molar-refractivity contribution in [3.05, 3.63) is 34.9 Å². The molecule has 1 saturated heterocycles. The van der Waals surface area contributed by atoms with Crippen LogP contribution in [-0.4, -0.2) is 50.6 Å². The highest BCUT2D eigenvalue weighted by Gasteiger charge is 2.40. The van der Waals surface area contributed by atoms with Gasteiger partial charge < -0.3 is 10.0 Å². The molecule has 1 aliphatic heterocycles. The fourth-order valence-electron chi connectivity index (χ4n) is 3.02. The maximum atomic E-state index is 12.9. The number of ketones is 1. The van der Waals surface area contributed by atoms with Crippen molar-refractivity contribution in [2.45, 2.75) is 38.0 Å². The van der Waals surface area contributed by atoms with E-state index in [0.717, 1.165) is 11.8 Å². The van der Waals surface area contributed by atoms with Gasteiger partial charge in [-0.05, 0) is 37.1 Å². The van der Waals surface area contributed by atoms with Gasteiger partial charge in [0.1, 0.15) is 6.04 Å². The lowest BCUT2D eigenvalue weighted by Crippen LogP contribution is -2.46. The summed E-state index contributed by atoms with van der Waals surface area (Å²) in [5, 5.41) is 8.55. The highest BCUT2D eigenvalue weighted by Crippen LogP contribution is 2.29. The van der Waals surface area contributed by atoms with E-state index < -0.39 is 29.1 Å². The quantitative estimate of drug-likeness (QED) is 0.742. The summed E-state index contributed by atoms with van der Waals surface area (Å²) < 4.78 is 0. The number of benzene rings is 1. The van der Waals surface area contributed by atoms with Crippen LogP contribution in [0.15, 0.2) is 24.3 Å². The zero-order valence-electron chi connectivity index (χ0n) is 14.5. The van der Waals surface area contributed by atoms with Gasteiger partial charge in [0.2, 0.25) is 5.91 Å². The molecule has 2 unspecified atom stereocenters. The Morgan fingerprint density at radius 3 is 2.38 bits per heavy atom. The lowest BCUT2D eigenvalue weighted by atomic mass is 9.97. The molecule has 1 amide bonds. The van der Waals surface area contributed by atoms with Crippen LogP contribution in [0.2, 0.25) is 5.02 Å². The van der Waals surface area contributed by atoms with Gasteiger partial charge >= 0.3 is 5.97 Å². The van der Waals surface area contributed by atoms with Crippen LogP contribution in [0.4, 0.5) is 0 Å². The maximum absolute atomic E-state index is 12.9. The molecule has 0 radical (unpaired) electrons. The van der Waals surface area contributed by atoms with Gasteiger partial charge in [-0.25, -0.2) is 4.79 Å². The number of carboxylic acid groups (broad SMARTS) is 1. The molecule has 0 spiro atoms. The van der Waals surface area contributed by atoms with E-state index in [1.807, 2.05) is 0 Å². The van der Waals surface area contributed by atoms with Crippen molar-refractivity contribution >= 4 is 46.1 Å². The number of carboxylic acids is 1. The monoisotopic (exact) mass is 397 g/mol. The predicted octanol–water partition coefficient (Wildman–Crippen LogP) is 2.88. The number of nitrogens with zero attached hydrogens (tertiary/aromatic N) is 1. The first-order valence-corrected chi connectivity index (χ1v) is 9.48. The Labute approximate surface area is 160 Å². The number of amides is 1. The Bertz CT molecular complexity index is 721. The fourth-order valence-corrected chi connectivity index (χ4v) is 4.07. The largest absolute Gasteiger partial charge is 0.480 e. The van der Waals surface area contributed by atoms with Crippen LogP contribution in [-0.2, 0) is 14.4 Å². The summed E-state index contributed by atoms with van der Waals surface area (Å²) in [6.45, 7) is 3.24. The van der Waals surface area contributed by atoms with E-state index in [0.29, 0.717) is 30.0 Å². The van der Waals surface area contributed by atoms with Gasteiger partial charge in [0.25, 0.3) is 0 Å². The first kappa shape index (κ1) is 20.5. The molecule has 0 aliphatic carbocycles. The van der Waals surface area contributed by atoms with Crippen LogP contribution in [0.25, 0.3) is 0 Å². The Kier molecular flexibility index (Phi) is 6.83. The van der Waals surface area contributed by atoms with Gasteiger partial charge in [0.15, 0.2) is 10.9 Å². The van der Waals surface area contributed by atoms with Crippen molar-refractivity contribution in [3.63, 3.8) is 0 Å². The molecule has 3 atom stereocenters. The van der Waals surface area contributed by atoms with Crippen LogP contribution < -0.4 is 0 Å². The highest BCUT2D eigenvalue weighted by molar-refractivity contribution is 8.14. The molecule has 1 N–H and O–H groups in total. The number of Topliss-reactive ketones (excluding diaryl/α,β-unsaturated/α-hetero) is 1. The average molecular weight is 398 g/mol. The number of hydrogen-bond donors (Lipinski definition) is 1. The van der Waals surface area contributed by atoms with E-state index in [9.17, 15) is 24.3 Å². The van der Waals surface area contributed by atoms with Crippen molar-refractivity contribution in [3.8, 4) is 0 Å². The molecule has 1 aliphatic rings. The van der Waals surface area contributed by atoms with Crippen molar-refractivity contribution in [1.29, 1.82) is 0 Å². The van der Waals surface area contributed by atoms with Crippen LogP contribution in [0, 0.1) is 5.92 Å². The predicted molar refractivity (Wildman–Crippen MR) is 99.4 cm³/mol. The second kappa shape index (κ2) is 8.68. The van der Waals surface area contributed by atoms with Crippen LogP contribution in [0.5, 0.6) is 0 Å². The lowest BCUT2D eigenvalue weighted by molar-refractivity contribution is -0.149. The number of rotatable bonds is 6. The van der Waals surface area contributed by atoms with Gasteiger partial charge in [-0.1, -0.05) is 30.3 Å². The number of carbonyl (C=O) groups is 4. The highest BCUT2D eigenvalue weighted by atomic mass is 35.5. The number of aliphatic carboxylic acids is 1. The number of carbonyl (C=O) groups excluding carboxylic acids is 3. The topological polar surface area (TPSA) is 91.8 Å². The minimum Gasteiger partial charge on any atom is -0.480 e. The van der Waals surface area contributed by atoms with E-state index in [1.54, 1.807) is 31.2 Å². The summed E-state index contributed by atoms with van der Waals surface area (Å²) in [6, 6.07) is 5.35. The smallest absolute Gasteiger partial charge is 0.326 e. The van der Waals surface area contributed by atoms with Crippen molar-refractivity contribution in [1.82, 2.24) is 4.90 Å². The molecule has 1 fully saturated rings. The molecular weight excluding hydrogens is 378 g/mol. The number of likely N-dealkylation sites (tertiary alicyclic amines) is 1. The standard InChI is InChI=1S/C18H20ClNO5S/c1-10(17(23)20-9-3-4-14(20)18(24)25)16(26-11(2)21)15(22)12-5-7-13(19)8-6-12/h5-8,10,14,16H,3-4,9H2,1-2H3,(H,24,25)/t10?,14-,16?/m0/s1. The minimum atomic E-state index is -1.05. The molecule has 1 aromatic carbocycles. The average Bonchev–Trinajstić information content (AvgIpc) is 3.08. The zero-order valence-corrected chi connectivity index (χ0v) is 16.0. The molecule has 0 saturated carbocycles. The molecule has 0 aromatic heterocycles. The molecule has 8 heteroatoms. The van der Waals surface area contributed by atoms with E-state index in [-0.39, 0.29) is 10.9 Å².